The molecule has 0 aliphatic rings. The zero-order valence-electron chi connectivity index (χ0n) is 10.4. The molecular weight excluding hydrogens is 203 g/mol. The molecule has 1 rings (SSSR count). The van der Waals surface area contributed by atoms with Crippen LogP contribution in [0.15, 0.2) is 30.1 Å². The van der Waals surface area contributed by atoms with Crippen LogP contribution in [0.2, 0.25) is 0 Å². The fraction of sp³-hybridized carbons (Fsp3) is 0.429. The summed E-state index contributed by atoms with van der Waals surface area (Å²) in [5.41, 5.74) is 0.472. The topological polar surface area (TPSA) is 9.23 Å². The molecule has 0 fully saturated rings. The van der Waals surface area contributed by atoms with Crippen LogP contribution in [0.4, 0.5) is 4.39 Å². The second-order valence-electron chi connectivity index (χ2n) is 4.50. The molecule has 1 aromatic carbocycles. The average molecular weight is 222 g/mol. The van der Waals surface area contributed by atoms with Crippen LogP contribution in [-0.4, -0.2) is 7.11 Å². The van der Waals surface area contributed by atoms with Gasteiger partial charge in [0, 0.05) is 5.41 Å². The summed E-state index contributed by atoms with van der Waals surface area (Å²) in [6, 6.07) is 7.37. The molecule has 0 aliphatic carbocycles. The van der Waals surface area contributed by atoms with Crippen LogP contribution in [0.3, 0.4) is 0 Å². The monoisotopic (exact) mass is 222 g/mol. The highest BCUT2D eigenvalue weighted by Crippen LogP contribution is 2.32. The third-order valence-corrected chi connectivity index (χ3v) is 2.94. The van der Waals surface area contributed by atoms with E-state index in [4.69, 9.17) is 4.74 Å². The molecule has 2 heteroatoms. The average Bonchev–Trinajstić information content (AvgIpc) is 2.30. The van der Waals surface area contributed by atoms with Crippen LogP contribution in [0.25, 0.3) is 6.08 Å². The molecule has 0 radical (unpaired) electrons. The lowest BCUT2D eigenvalue weighted by Crippen LogP contribution is -2.09. The smallest absolute Gasteiger partial charge is 0.118 e. The van der Waals surface area contributed by atoms with E-state index in [9.17, 15) is 4.39 Å². The molecule has 0 aromatic heterocycles. The molecule has 0 heterocycles. The first-order valence-corrected chi connectivity index (χ1v) is 5.51. The molecule has 16 heavy (non-hydrogen) atoms. The number of ether oxygens (including phenoxy) is 1. The minimum absolute atomic E-state index is 0.0832. The van der Waals surface area contributed by atoms with Gasteiger partial charge in [0.1, 0.15) is 11.6 Å². The molecule has 0 aliphatic heterocycles. The molecule has 0 amide bonds. The molecule has 0 bridgehead atoms. The maximum absolute atomic E-state index is 13.9. The lowest BCUT2D eigenvalue weighted by molar-refractivity contribution is 0.342. The summed E-state index contributed by atoms with van der Waals surface area (Å²) in [4.78, 5) is 0. The van der Waals surface area contributed by atoms with Crippen molar-refractivity contribution in [3.63, 3.8) is 0 Å². The highest BCUT2D eigenvalue weighted by Gasteiger charge is 2.20. The highest BCUT2D eigenvalue weighted by atomic mass is 19.1. The second kappa shape index (κ2) is 5.15. The molecule has 88 valence electrons. The van der Waals surface area contributed by atoms with E-state index < -0.39 is 0 Å². The zero-order valence-corrected chi connectivity index (χ0v) is 10.4. The summed E-state index contributed by atoms with van der Waals surface area (Å²) < 4.78 is 18.9. The Balaban J connectivity index is 2.90. The Bertz CT molecular complexity index is 363. The summed E-state index contributed by atoms with van der Waals surface area (Å²) in [6.07, 6.45) is 2.37. The van der Waals surface area contributed by atoms with Gasteiger partial charge in [-0.3, -0.25) is 0 Å². The Morgan fingerprint density at radius 2 is 1.88 bits per heavy atom. The van der Waals surface area contributed by atoms with Gasteiger partial charge in [-0.2, -0.15) is 0 Å². The summed E-state index contributed by atoms with van der Waals surface area (Å²) in [6.45, 7) is 5.80. The summed E-state index contributed by atoms with van der Waals surface area (Å²) in [5.74, 6) is 0.701. The van der Waals surface area contributed by atoms with Crippen LogP contribution in [0.5, 0.6) is 5.75 Å². The van der Waals surface area contributed by atoms with Gasteiger partial charge < -0.3 is 4.74 Å². The fourth-order valence-corrected chi connectivity index (χ4v) is 1.21. The van der Waals surface area contributed by atoms with Crippen molar-refractivity contribution in [3.05, 3.63) is 35.7 Å². The third kappa shape index (κ3) is 3.09. The van der Waals surface area contributed by atoms with Crippen molar-refractivity contribution in [1.82, 2.24) is 0 Å². The molecule has 0 spiro atoms. The predicted octanol–water partition coefficient (Wildman–Crippen LogP) is 4.44. The normalized spacial score (nSPS) is 12.7. The van der Waals surface area contributed by atoms with Crippen molar-refractivity contribution < 1.29 is 9.13 Å². The summed E-state index contributed by atoms with van der Waals surface area (Å²) in [5, 5.41) is 0. The standard InChI is InChI=1S/C14H19FO/c1-5-14(2,3)13(15)10-11-6-8-12(16-4)9-7-11/h6-10H,5H2,1-4H3/b13-10-. The maximum atomic E-state index is 13.9. The van der Waals surface area contributed by atoms with Gasteiger partial charge in [-0.15, -0.1) is 0 Å². The van der Waals surface area contributed by atoms with Gasteiger partial charge in [0.25, 0.3) is 0 Å². The van der Waals surface area contributed by atoms with E-state index in [2.05, 4.69) is 0 Å². The molecule has 0 atom stereocenters. The highest BCUT2D eigenvalue weighted by molar-refractivity contribution is 5.53. The van der Waals surface area contributed by atoms with Crippen molar-refractivity contribution in [2.24, 2.45) is 5.41 Å². The van der Waals surface area contributed by atoms with Crippen molar-refractivity contribution in [3.8, 4) is 5.75 Å². The van der Waals surface area contributed by atoms with Gasteiger partial charge in [-0.25, -0.2) is 4.39 Å². The van der Waals surface area contributed by atoms with Crippen LogP contribution in [0.1, 0.15) is 32.8 Å². The van der Waals surface area contributed by atoms with E-state index in [0.717, 1.165) is 17.7 Å². The Morgan fingerprint density at radius 3 is 2.31 bits per heavy atom. The Morgan fingerprint density at radius 1 is 1.31 bits per heavy atom. The second-order valence-corrected chi connectivity index (χ2v) is 4.50. The van der Waals surface area contributed by atoms with E-state index in [1.807, 2.05) is 45.0 Å². The third-order valence-electron chi connectivity index (χ3n) is 2.94. The molecular formula is C14H19FO. The van der Waals surface area contributed by atoms with E-state index in [1.165, 1.54) is 0 Å². The Hall–Kier alpha value is -1.31. The van der Waals surface area contributed by atoms with Crippen LogP contribution < -0.4 is 4.74 Å². The van der Waals surface area contributed by atoms with Gasteiger partial charge >= 0.3 is 0 Å². The van der Waals surface area contributed by atoms with E-state index in [-0.39, 0.29) is 11.2 Å². The number of benzene rings is 1. The maximum Gasteiger partial charge on any atom is 0.118 e. The van der Waals surface area contributed by atoms with Gasteiger partial charge in [-0.1, -0.05) is 32.9 Å². The number of methoxy groups -OCH3 is 1. The first-order chi connectivity index (χ1) is 7.49. The number of hydrogen-bond donors (Lipinski definition) is 0. The molecule has 0 unspecified atom stereocenters. The summed E-state index contributed by atoms with van der Waals surface area (Å²) in [7, 11) is 1.62. The van der Waals surface area contributed by atoms with Gasteiger partial charge in [-0.05, 0) is 30.2 Å². The summed E-state index contributed by atoms with van der Waals surface area (Å²) >= 11 is 0. The van der Waals surface area contributed by atoms with Crippen molar-refractivity contribution in [2.75, 3.05) is 7.11 Å². The molecule has 0 N–H and O–H groups in total. The fourth-order valence-electron chi connectivity index (χ4n) is 1.21. The lowest BCUT2D eigenvalue weighted by atomic mass is 9.88. The zero-order chi connectivity index (χ0) is 12.2. The minimum atomic E-state index is -0.389. The van der Waals surface area contributed by atoms with Crippen LogP contribution in [0, 0.1) is 5.41 Å². The van der Waals surface area contributed by atoms with Crippen molar-refractivity contribution >= 4 is 6.08 Å². The molecule has 1 nitrogen and oxygen atoms in total. The van der Waals surface area contributed by atoms with Crippen LogP contribution >= 0.6 is 0 Å². The largest absolute Gasteiger partial charge is 0.497 e. The predicted molar refractivity (Wildman–Crippen MR) is 66.2 cm³/mol. The van der Waals surface area contributed by atoms with Crippen LogP contribution in [-0.2, 0) is 0 Å². The van der Waals surface area contributed by atoms with Crippen molar-refractivity contribution in [2.45, 2.75) is 27.2 Å². The number of hydrogen-bond acceptors (Lipinski definition) is 1. The number of rotatable bonds is 4. The molecule has 0 saturated carbocycles. The SMILES string of the molecule is CCC(C)(C)/C(F)=C/c1ccc(OC)cc1. The number of allylic oxidation sites excluding steroid dienone is 1. The number of halogens is 1. The van der Waals surface area contributed by atoms with Crippen molar-refractivity contribution in [1.29, 1.82) is 0 Å². The van der Waals surface area contributed by atoms with Gasteiger partial charge in [0.05, 0.1) is 7.11 Å². The lowest BCUT2D eigenvalue weighted by Gasteiger charge is -2.20. The first kappa shape index (κ1) is 12.8. The first-order valence-electron chi connectivity index (χ1n) is 5.51. The minimum Gasteiger partial charge on any atom is -0.497 e. The molecule has 0 saturated heterocycles. The quantitative estimate of drug-likeness (QED) is 0.731. The van der Waals surface area contributed by atoms with E-state index in [0.29, 0.717) is 0 Å². The van der Waals surface area contributed by atoms with E-state index >= 15 is 0 Å². The van der Waals surface area contributed by atoms with Gasteiger partial charge in [0.2, 0.25) is 0 Å². The Labute approximate surface area is 96.9 Å². The van der Waals surface area contributed by atoms with Gasteiger partial charge in [0.15, 0.2) is 0 Å². The van der Waals surface area contributed by atoms with E-state index in [1.54, 1.807) is 13.2 Å². The Kier molecular flexibility index (Phi) is 4.11. The molecule has 1 aromatic rings.